The number of rotatable bonds is 0. The van der Waals surface area contributed by atoms with Crippen LogP contribution in [0.15, 0.2) is 27.9 Å². The summed E-state index contributed by atoms with van der Waals surface area (Å²) in [5.74, 6) is 0. The second kappa shape index (κ2) is 1.30. The summed E-state index contributed by atoms with van der Waals surface area (Å²) >= 11 is 4.58. The van der Waals surface area contributed by atoms with Crippen molar-refractivity contribution < 1.29 is 4.42 Å². The molecule has 31 valence electrons. The van der Waals surface area contributed by atoms with E-state index in [-0.39, 0.29) is 0 Å². The number of hydrogen-bond donors (Lipinski definition) is 0. The van der Waals surface area contributed by atoms with E-state index in [1.165, 1.54) is 0 Å². The zero-order valence-electron chi connectivity index (χ0n) is 3.05. The van der Waals surface area contributed by atoms with Crippen LogP contribution in [0.3, 0.4) is 0 Å². The lowest BCUT2D eigenvalue weighted by atomic mass is 10.7. The van der Waals surface area contributed by atoms with Crippen LogP contribution in [0, 0.1) is 0 Å². The Balaban J connectivity index is 3.05. The molecule has 0 fully saturated rings. The van der Waals surface area contributed by atoms with Gasteiger partial charge in [0.1, 0.15) is 0 Å². The highest BCUT2D eigenvalue weighted by Crippen LogP contribution is 2.02. The van der Waals surface area contributed by atoms with Crippen molar-refractivity contribution in [3.63, 3.8) is 0 Å². The van der Waals surface area contributed by atoms with Crippen molar-refractivity contribution >= 4 is 12.6 Å². The molecule has 1 aromatic heterocycles. The summed E-state index contributed by atoms with van der Waals surface area (Å²) < 4.78 is 4.65. The highest BCUT2D eigenvalue weighted by molar-refractivity contribution is 7.80. The smallest absolute Gasteiger partial charge is 0.189 e. The van der Waals surface area contributed by atoms with Crippen LogP contribution in [0.25, 0.3) is 0 Å². The van der Waals surface area contributed by atoms with Crippen LogP contribution in [0.1, 0.15) is 0 Å². The molecule has 1 heterocycles. The van der Waals surface area contributed by atoms with E-state index in [2.05, 4.69) is 17.0 Å². The van der Waals surface area contributed by atoms with Crippen LogP contribution in [0.4, 0.5) is 0 Å². The van der Waals surface area contributed by atoms with E-state index < -0.39 is 0 Å². The molecular formula is C4H3OS. The largest absolute Gasteiger partial charge is 0.454 e. The first-order valence-electron chi connectivity index (χ1n) is 1.60. The van der Waals surface area contributed by atoms with E-state index in [1.54, 1.807) is 18.4 Å². The van der Waals surface area contributed by atoms with Gasteiger partial charge in [0, 0.05) is 0 Å². The molecule has 0 bridgehead atoms. The quantitative estimate of drug-likeness (QED) is 0.483. The van der Waals surface area contributed by atoms with E-state index in [0.29, 0.717) is 5.09 Å². The van der Waals surface area contributed by atoms with Crippen molar-refractivity contribution in [2.75, 3.05) is 0 Å². The lowest BCUT2D eigenvalue weighted by molar-refractivity contribution is 0.476. The lowest BCUT2D eigenvalue weighted by Crippen LogP contribution is -1.37. The van der Waals surface area contributed by atoms with Gasteiger partial charge in [-0.3, -0.25) is 0 Å². The third-order valence-corrected chi connectivity index (χ3v) is 0.727. The molecule has 0 amide bonds. The predicted molar refractivity (Wildman–Crippen MR) is 24.6 cm³/mol. The minimum Gasteiger partial charge on any atom is -0.454 e. The standard InChI is InChI=1S/C4H3OS/c6-4-2-1-3-5-4/h1-3H. The van der Waals surface area contributed by atoms with Crippen molar-refractivity contribution in [3.8, 4) is 0 Å². The molecule has 1 nitrogen and oxygen atoms in total. The SMILES string of the molecule is [S]c1ccco1. The van der Waals surface area contributed by atoms with E-state index in [1.807, 2.05) is 0 Å². The molecule has 0 unspecified atom stereocenters. The van der Waals surface area contributed by atoms with Crippen molar-refractivity contribution in [2.24, 2.45) is 0 Å². The van der Waals surface area contributed by atoms with Crippen molar-refractivity contribution in [1.82, 2.24) is 0 Å². The molecule has 1 rings (SSSR count). The summed E-state index contributed by atoms with van der Waals surface area (Å²) in [6.45, 7) is 0. The van der Waals surface area contributed by atoms with Crippen molar-refractivity contribution in [2.45, 2.75) is 5.09 Å². The maximum absolute atomic E-state index is 4.65. The Morgan fingerprint density at radius 1 is 1.67 bits per heavy atom. The fourth-order valence-corrected chi connectivity index (χ4v) is 0.398. The van der Waals surface area contributed by atoms with E-state index >= 15 is 0 Å². The lowest BCUT2D eigenvalue weighted by Gasteiger charge is -1.65. The van der Waals surface area contributed by atoms with Crippen molar-refractivity contribution in [3.05, 3.63) is 18.4 Å². The predicted octanol–water partition coefficient (Wildman–Crippen LogP) is 1.84. The van der Waals surface area contributed by atoms with Gasteiger partial charge in [0.05, 0.1) is 6.26 Å². The Morgan fingerprint density at radius 3 is 2.67 bits per heavy atom. The van der Waals surface area contributed by atoms with Crippen LogP contribution in [-0.2, 0) is 0 Å². The Morgan fingerprint density at radius 2 is 2.50 bits per heavy atom. The molecule has 0 aliphatic heterocycles. The van der Waals surface area contributed by atoms with E-state index in [4.69, 9.17) is 0 Å². The summed E-state index contributed by atoms with van der Waals surface area (Å²) in [6.07, 6.45) is 1.56. The molecule has 0 aliphatic carbocycles. The molecule has 0 saturated heterocycles. The summed E-state index contributed by atoms with van der Waals surface area (Å²) in [7, 11) is 0. The second-order valence-electron chi connectivity index (χ2n) is 0.932. The zero-order chi connectivity index (χ0) is 4.41. The van der Waals surface area contributed by atoms with Gasteiger partial charge in [0.15, 0.2) is 5.09 Å². The molecule has 0 saturated carbocycles. The Labute approximate surface area is 41.4 Å². The Bertz CT molecular complexity index is 111. The fraction of sp³-hybridized carbons (Fsp3) is 0. The van der Waals surface area contributed by atoms with Crippen LogP contribution in [0.2, 0.25) is 0 Å². The van der Waals surface area contributed by atoms with Crippen molar-refractivity contribution in [1.29, 1.82) is 0 Å². The normalized spacial score (nSPS) is 8.67. The van der Waals surface area contributed by atoms with Gasteiger partial charge >= 0.3 is 0 Å². The summed E-state index contributed by atoms with van der Waals surface area (Å²) in [5, 5.41) is 0.551. The van der Waals surface area contributed by atoms with Crippen LogP contribution < -0.4 is 0 Å². The first-order valence-corrected chi connectivity index (χ1v) is 2.01. The average molecular weight is 99.1 g/mol. The second-order valence-corrected chi connectivity index (χ2v) is 1.33. The van der Waals surface area contributed by atoms with Gasteiger partial charge in [0.25, 0.3) is 0 Å². The molecule has 0 aliphatic rings. The van der Waals surface area contributed by atoms with Gasteiger partial charge in [-0.25, -0.2) is 0 Å². The third kappa shape index (κ3) is 0.518. The Hall–Kier alpha value is -0.500. The van der Waals surface area contributed by atoms with Gasteiger partial charge < -0.3 is 4.42 Å². The molecule has 6 heavy (non-hydrogen) atoms. The molecule has 1 aromatic rings. The average Bonchev–Trinajstić information content (AvgIpc) is 1.86. The van der Waals surface area contributed by atoms with E-state index in [9.17, 15) is 0 Å². The highest BCUT2D eigenvalue weighted by Gasteiger charge is 1.79. The summed E-state index contributed by atoms with van der Waals surface area (Å²) in [5.41, 5.74) is 0. The molecule has 0 spiro atoms. The molecule has 0 aromatic carbocycles. The maximum atomic E-state index is 4.65. The molecule has 1 radical (unpaired) electrons. The number of furan rings is 1. The summed E-state index contributed by atoms with van der Waals surface area (Å²) in [6, 6.07) is 3.50. The highest BCUT2D eigenvalue weighted by atomic mass is 32.1. The first-order chi connectivity index (χ1) is 2.89. The van der Waals surface area contributed by atoms with Gasteiger partial charge in [0.2, 0.25) is 0 Å². The van der Waals surface area contributed by atoms with Crippen LogP contribution in [0.5, 0.6) is 0 Å². The molecular weight excluding hydrogens is 96.1 g/mol. The maximum Gasteiger partial charge on any atom is 0.189 e. The van der Waals surface area contributed by atoms with E-state index in [0.717, 1.165) is 0 Å². The molecule has 2 heteroatoms. The van der Waals surface area contributed by atoms with Gasteiger partial charge in [-0.2, -0.15) is 0 Å². The minimum absolute atomic E-state index is 0.551. The Kier molecular flexibility index (Phi) is 0.801. The third-order valence-electron chi connectivity index (χ3n) is 0.495. The number of hydrogen-bond acceptors (Lipinski definition) is 1. The fourth-order valence-electron chi connectivity index (χ4n) is 0.263. The van der Waals surface area contributed by atoms with Crippen LogP contribution >= 0.6 is 12.6 Å². The van der Waals surface area contributed by atoms with Gasteiger partial charge in [-0.15, -0.1) is 0 Å². The zero-order valence-corrected chi connectivity index (χ0v) is 3.87. The monoisotopic (exact) mass is 99.0 g/mol. The first kappa shape index (κ1) is 3.68. The van der Waals surface area contributed by atoms with Gasteiger partial charge in [-0.1, -0.05) is 0 Å². The molecule has 0 atom stereocenters. The van der Waals surface area contributed by atoms with Gasteiger partial charge in [-0.05, 0) is 24.8 Å². The summed E-state index contributed by atoms with van der Waals surface area (Å²) in [4.78, 5) is 0. The molecule has 0 N–H and O–H groups in total. The topological polar surface area (TPSA) is 13.1 Å². The minimum atomic E-state index is 0.551. The van der Waals surface area contributed by atoms with Crippen LogP contribution in [-0.4, -0.2) is 0 Å².